The number of ether oxygens (including phenoxy) is 1. The van der Waals surface area contributed by atoms with E-state index in [0.717, 1.165) is 54.6 Å². The number of amides is 1. The van der Waals surface area contributed by atoms with Gasteiger partial charge in [-0.25, -0.2) is 4.98 Å². The van der Waals surface area contributed by atoms with Crippen LogP contribution < -0.4 is 5.32 Å². The van der Waals surface area contributed by atoms with E-state index in [4.69, 9.17) is 21.3 Å². The predicted octanol–water partition coefficient (Wildman–Crippen LogP) is 4.41. The third-order valence-corrected chi connectivity index (χ3v) is 5.18. The number of fused-ring (bicyclic) bond motifs is 1. The molecule has 0 aliphatic carbocycles. The molecule has 0 spiro atoms. The summed E-state index contributed by atoms with van der Waals surface area (Å²) >= 11 is 5.87. The number of carbonyl (C=O) groups is 1. The normalized spacial score (nSPS) is 11.1. The van der Waals surface area contributed by atoms with Crippen molar-refractivity contribution in [2.75, 3.05) is 20.3 Å². The smallest absolute Gasteiger partial charge is 0.224 e. The number of carbonyl (C=O) groups excluding carboxylic acids is 1. The van der Waals surface area contributed by atoms with Crippen molar-refractivity contribution in [3.8, 4) is 0 Å². The van der Waals surface area contributed by atoms with Gasteiger partial charge in [0.25, 0.3) is 0 Å². The molecular weight excluding hydrogens is 386 g/mol. The van der Waals surface area contributed by atoms with Gasteiger partial charge in [-0.1, -0.05) is 42.3 Å². The third-order valence-electron chi connectivity index (χ3n) is 4.93. The fraction of sp³-hybridized carbons (Fsp3) is 0.391. The van der Waals surface area contributed by atoms with E-state index in [0.29, 0.717) is 24.6 Å². The van der Waals surface area contributed by atoms with Crippen LogP contribution in [0.15, 0.2) is 48.5 Å². The first-order valence-corrected chi connectivity index (χ1v) is 10.5. The molecule has 0 bridgehead atoms. The molecule has 154 valence electrons. The van der Waals surface area contributed by atoms with Gasteiger partial charge in [-0.3, -0.25) is 4.79 Å². The Kier molecular flexibility index (Phi) is 8.08. The molecule has 3 rings (SSSR count). The van der Waals surface area contributed by atoms with Gasteiger partial charge in [0.05, 0.1) is 24.1 Å². The summed E-state index contributed by atoms with van der Waals surface area (Å²) in [5.74, 6) is 1.16. The van der Waals surface area contributed by atoms with Gasteiger partial charge in [-0.05, 0) is 42.7 Å². The van der Waals surface area contributed by atoms with Crippen LogP contribution in [0.1, 0.15) is 30.7 Å². The number of halogens is 1. The predicted molar refractivity (Wildman–Crippen MR) is 117 cm³/mol. The number of para-hydroxylation sites is 2. The van der Waals surface area contributed by atoms with E-state index in [-0.39, 0.29) is 5.91 Å². The Labute approximate surface area is 177 Å². The number of nitrogens with zero attached hydrogens (tertiary/aromatic N) is 2. The molecule has 0 unspecified atom stereocenters. The monoisotopic (exact) mass is 413 g/mol. The van der Waals surface area contributed by atoms with Crippen LogP contribution in [0, 0.1) is 0 Å². The van der Waals surface area contributed by atoms with Gasteiger partial charge < -0.3 is 14.6 Å². The summed E-state index contributed by atoms with van der Waals surface area (Å²) in [4.78, 5) is 16.8. The first-order chi connectivity index (χ1) is 14.2. The summed E-state index contributed by atoms with van der Waals surface area (Å²) in [6.45, 7) is 2.19. The Morgan fingerprint density at radius 2 is 1.90 bits per heavy atom. The van der Waals surface area contributed by atoms with Crippen molar-refractivity contribution >= 4 is 28.5 Å². The van der Waals surface area contributed by atoms with Crippen LogP contribution in [0.2, 0.25) is 5.02 Å². The fourth-order valence-corrected chi connectivity index (χ4v) is 3.54. The van der Waals surface area contributed by atoms with E-state index < -0.39 is 0 Å². The van der Waals surface area contributed by atoms with E-state index >= 15 is 0 Å². The quantitative estimate of drug-likeness (QED) is 0.474. The van der Waals surface area contributed by atoms with Crippen LogP contribution in [-0.4, -0.2) is 35.7 Å². The van der Waals surface area contributed by atoms with Crippen molar-refractivity contribution in [3.05, 3.63) is 64.9 Å². The highest BCUT2D eigenvalue weighted by Crippen LogP contribution is 2.18. The molecule has 1 amide bonds. The molecule has 0 radical (unpaired) electrons. The second-order valence-electron chi connectivity index (χ2n) is 7.13. The summed E-state index contributed by atoms with van der Waals surface area (Å²) in [6.07, 6.45) is 4.38. The van der Waals surface area contributed by atoms with Crippen LogP contribution in [0.4, 0.5) is 0 Å². The molecule has 0 saturated carbocycles. The number of aromatic nitrogens is 2. The van der Waals surface area contributed by atoms with Gasteiger partial charge in [-0.15, -0.1) is 0 Å². The highest BCUT2D eigenvalue weighted by Gasteiger charge is 2.10. The lowest BCUT2D eigenvalue weighted by Crippen LogP contribution is -2.26. The minimum absolute atomic E-state index is 0.0497. The third kappa shape index (κ3) is 6.31. The van der Waals surface area contributed by atoms with Crippen molar-refractivity contribution in [2.45, 2.75) is 38.6 Å². The number of aryl methyl sites for hydroxylation is 1. The molecule has 0 saturated heterocycles. The Morgan fingerprint density at radius 1 is 1.10 bits per heavy atom. The standard InChI is InChI=1S/C23H28ClN3O2/c1-29-16-15-27-21-8-5-4-7-20(21)26-22(27)9-3-2-6-14-25-23(28)17-18-10-12-19(24)13-11-18/h4-5,7-8,10-13H,2-3,6,9,14-17H2,1H3,(H,25,28). The van der Waals surface area contributed by atoms with Crippen molar-refractivity contribution in [1.29, 1.82) is 0 Å². The van der Waals surface area contributed by atoms with Gasteiger partial charge in [0.15, 0.2) is 0 Å². The number of imidazole rings is 1. The number of benzene rings is 2. The lowest BCUT2D eigenvalue weighted by Gasteiger charge is -2.09. The molecule has 6 heteroatoms. The van der Waals surface area contributed by atoms with Crippen LogP contribution in [-0.2, 0) is 28.9 Å². The van der Waals surface area contributed by atoms with Gasteiger partial charge in [0, 0.05) is 31.6 Å². The lowest BCUT2D eigenvalue weighted by molar-refractivity contribution is -0.120. The first-order valence-electron chi connectivity index (χ1n) is 10.1. The van der Waals surface area contributed by atoms with E-state index in [2.05, 4.69) is 22.0 Å². The molecule has 0 atom stereocenters. The number of nitrogens with one attached hydrogen (secondary N) is 1. The molecule has 0 fully saturated rings. The Hall–Kier alpha value is -2.37. The van der Waals surface area contributed by atoms with Crippen LogP contribution in [0.25, 0.3) is 11.0 Å². The van der Waals surface area contributed by atoms with Crippen LogP contribution >= 0.6 is 11.6 Å². The Balaban J connectivity index is 1.40. The molecule has 3 aromatic rings. The van der Waals surface area contributed by atoms with E-state index in [1.165, 1.54) is 0 Å². The zero-order valence-electron chi connectivity index (χ0n) is 16.9. The number of methoxy groups -OCH3 is 1. The SMILES string of the molecule is COCCn1c(CCCCCNC(=O)Cc2ccc(Cl)cc2)nc2ccccc21. The lowest BCUT2D eigenvalue weighted by atomic mass is 10.1. The molecule has 0 aliphatic rings. The molecule has 1 N–H and O–H groups in total. The number of rotatable bonds is 11. The highest BCUT2D eigenvalue weighted by atomic mass is 35.5. The van der Waals surface area contributed by atoms with Gasteiger partial charge in [-0.2, -0.15) is 0 Å². The largest absolute Gasteiger partial charge is 0.383 e. The minimum Gasteiger partial charge on any atom is -0.383 e. The van der Waals surface area contributed by atoms with Crippen molar-refractivity contribution in [1.82, 2.24) is 14.9 Å². The Morgan fingerprint density at radius 3 is 2.69 bits per heavy atom. The van der Waals surface area contributed by atoms with Crippen molar-refractivity contribution in [3.63, 3.8) is 0 Å². The van der Waals surface area contributed by atoms with Crippen molar-refractivity contribution < 1.29 is 9.53 Å². The molecule has 2 aromatic carbocycles. The van der Waals surface area contributed by atoms with Crippen LogP contribution in [0.5, 0.6) is 0 Å². The van der Waals surface area contributed by atoms with E-state index in [1.54, 1.807) is 7.11 Å². The number of hydrogen-bond acceptors (Lipinski definition) is 3. The minimum atomic E-state index is 0.0497. The van der Waals surface area contributed by atoms with E-state index in [9.17, 15) is 4.79 Å². The van der Waals surface area contributed by atoms with Crippen molar-refractivity contribution in [2.24, 2.45) is 0 Å². The molecule has 5 nitrogen and oxygen atoms in total. The maximum atomic E-state index is 12.0. The zero-order valence-corrected chi connectivity index (χ0v) is 17.6. The summed E-state index contributed by atoms with van der Waals surface area (Å²) in [5.41, 5.74) is 3.17. The Bertz CT molecular complexity index is 922. The average Bonchev–Trinajstić information content (AvgIpc) is 3.08. The summed E-state index contributed by atoms with van der Waals surface area (Å²) < 4.78 is 7.51. The maximum absolute atomic E-state index is 12.0. The summed E-state index contributed by atoms with van der Waals surface area (Å²) in [7, 11) is 1.72. The average molecular weight is 414 g/mol. The number of unbranched alkanes of at least 4 members (excludes halogenated alkanes) is 2. The van der Waals surface area contributed by atoms with Gasteiger partial charge in [0.2, 0.25) is 5.91 Å². The second-order valence-corrected chi connectivity index (χ2v) is 7.56. The molecular formula is C23H28ClN3O2. The maximum Gasteiger partial charge on any atom is 0.224 e. The molecule has 1 aromatic heterocycles. The number of hydrogen-bond donors (Lipinski definition) is 1. The van der Waals surface area contributed by atoms with E-state index in [1.807, 2.05) is 36.4 Å². The molecule has 1 heterocycles. The molecule has 29 heavy (non-hydrogen) atoms. The first kappa shape index (κ1) is 21.3. The second kappa shape index (κ2) is 11.0. The van der Waals surface area contributed by atoms with Gasteiger partial charge in [0.1, 0.15) is 5.82 Å². The van der Waals surface area contributed by atoms with Crippen LogP contribution in [0.3, 0.4) is 0 Å². The zero-order chi connectivity index (χ0) is 20.5. The van der Waals surface area contributed by atoms with Gasteiger partial charge >= 0.3 is 0 Å². The molecule has 0 aliphatic heterocycles. The highest BCUT2D eigenvalue weighted by molar-refractivity contribution is 6.30. The fourth-order valence-electron chi connectivity index (χ4n) is 3.41. The summed E-state index contributed by atoms with van der Waals surface area (Å²) in [5, 5.41) is 3.68. The summed E-state index contributed by atoms with van der Waals surface area (Å²) in [6, 6.07) is 15.6. The topological polar surface area (TPSA) is 56.1 Å².